The van der Waals surface area contributed by atoms with Gasteiger partial charge >= 0.3 is 0 Å². The molecule has 12 heteroatoms. The Balaban J connectivity index is 1.36. The third-order valence-electron chi connectivity index (χ3n) is 7.38. The summed E-state index contributed by atoms with van der Waals surface area (Å²) in [5.41, 5.74) is 2.42. The van der Waals surface area contributed by atoms with Crippen LogP contribution >= 0.6 is 11.8 Å². The van der Waals surface area contributed by atoms with Gasteiger partial charge < -0.3 is 21.3 Å². The van der Waals surface area contributed by atoms with Crippen LogP contribution in [0.2, 0.25) is 0 Å². The van der Waals surface area contributed by atoms with Gasteiger partial charge in [-0.3, -0.25) is 34.1 Å². The Morgan fingerprint density at radius 1 is 0.909 bits per heavy atom. The lowest BCUT2D eigenvalue weighted by Gasteiger charge is -2.24. The molecule has 236 valence electrons. The second-order valence-corrected chi connectivity index (χ2v) is 11.6. The van der Waals surface area contributed by atoms with Crippen molar-refractivity contribution in [3.63, 3.8) is 0 Å². The van der Waals surface area contributed by atoms with Gasteiger partial charge in [-0.15, -0.1) is 0 Å². The molecule has 11 nitrogen and oxygen atoms in total. The second-order valence-electron chi connectivity index (χ2n) is 10.6. The molecule has 1 aliphatic rings. The van der Waals surface area contributed by atoms with Crippen molar-refractivity contribution in [1.29, 1.82) is 0 Å². The fourth-order valence-electron chi connectivity index (χ4n) is 5.07. The van der Waals surface area contributed by atoms with E-state index in [4.69, 9.17) is 0 Å². The van der Waals surface area contributed by atoms with E-state index in [2.05, 4.69) is 26.6 Å². The van der Waals surface area contributed by atoms with Crippen LogP contribution < -0.4 is 26.6 Å². The van der Waals surface area contributed by atoms with Crippen molar-refractivity contribution in [1.82, 2.24) is 16.0 Å². The molecule has 1 saturated heterocycles. The highest BCUT2D eigenvalue weighted by molar-refractivity contribution is 7.98. The lowest BCUT2D eigenvalue weighted by Crippen LogP contribution is -2.40. The summed E-state index contributed by atoms with van der Waals surface area (Å²) in [5.74, 6) is -1.91. The monoisotopic (exact) mass is 623 g/mol. The van der Waals surface area contributed by atoms with Crippen LogP contribution in [0.3, 0.4) is 0 Å². The van der Waals surface area contributed by atoms with Gasteiger partial charge in [0.1, 0.15) is 6.04 Å². The van der Waals surface area contributed by atoms with E-state index in [0.717, 1.165) is 18.4 Å². The maximum absolute atomic E-state index is 12.5. The Kier molecular flexibility index (Phi) is 13.4. The van der Waals surface area contributed by atoms with Gasteiger partial charge in [-0.25, -0.2) is 0 Å². The van der Waals surface area contributed by atoms with E-state index in [-0.39, 0.29) is 40.9 Å². The standard InChI is InChI=1S/C32H41N5O6S/c1-4-24(31(42)33-2)29(44-3)20-11-9-13-22(17-20)34-26(38)15-7-5-6-8-16-27(39)35-23-14-10-12-21(18-23)30(41)36-25-19-28(40)37-32(25)43/h9-14,17-18,24-25,29H,4-8,15-16,19H2,1-3H3,(H,33,42)(H,34,38)(H,35,39)(H,36,41)(H,37,40,43). The van der Waals surface area contributed by atoms with Gasteiger partial charge in [0.2, 0.25) is 29.5 Å². The van der Waals surface area contributed by atoms with Crippen molar-refractivity contribution in [3.05, 3.63) is 59.7 Å². The molecule has 1 heterocycles. The summed E-state index contributed by atoms with van der Waals surface area (Å²) in [6.45, 7) is 2.00. The van der Waals surface area contributed by atoms with E-state index < -0.39 is 23.8 Å². The summed E-state index contributed by atoms with van der Waals surface area (Å²) in [4.78, 5) is 72.8. The molecule has 3 rings (SSSR count). The van der Waals surface area contributed by atoms with Gasteiger partial charge in [0.25, 0.3) is 5.91 Å². The summed E-state index contributed by atoms with van der Waals surface area (Å²) in [7, 11) is 1.64. The third kappa shape index (κ3) is 10.2. The molecule has 3 atom stereocenters. The maximum Gasteiger partial charge on any atom is 0.252 e. The number of unbranched alkanes of at least 4 members (excludes halogenated alkanes) is 3. The minimum absolute atomic E-state index is 0.00466. The first-order chi connectivity index (χ1) is 21.1. The molecule has 0 saturated carbocycles. The summed E-state index contributed by atoms with van der Waals surface area (Å²) in [5, 5.41) is 13.1. The van der Waals surface area contributed by atoms with Crippen LogP contribution in [-0.4, -0.2) is 54.8 Å². The molecule has 0 radical (unpaired) electrons. The van der Waals surface area contributed by atoms with E-state index in [1.54, 1.807) is 37.0 Å². The van der Waals surface area contributed by atoms with Gasteiger partial charge in [-0.2, -0.15) is 11.8 Å². The second kappa shape index (κ2) is 17.2. The topological polar surface area (TPSA) is 163 Å². The van der Waals surface area contributed by atoms with Gasteiger partial charge in [0, 0.05) is 42.1 Å². The van der Waals surface area contributed by atoms with E-state index in [1.807, 2.05) is 37.4 Å². The SMILES string of the molecule is CCC(C(=O)NC)C(SC)c1cccc(NC(=O)CCCCCCC(=O)Nc2cccc(C(=O)NC3CC(=O)NC3=O)c2)c1. The first-order valence-corrected chi connectivity index (χ1v) is 16.1. The van der Waals surface area contributed by atoms with Gasteiger partial charge in [0.15, 0.2) is 0 Å². The van der Waals surface area contributed by atoms with Gasteiger partial charge in [-0.1, -0.05) is 38.0 Å². The molecule has 2 aromatic rings. The lowest BCUT2D eigenvalue weighted by atomic mass is 9.95. The first-order valence-electron chi connectivity index (χ1n) is 14.8. The number of carbonyl (C=O) groups is 6. The molecule has 0 aliphatic carbocycles. The smallest absolute Gasteiger partial charge is 0.252 e. The molecule has 3 unspecified atom stereocenters. The fourth-order valence-corrected chi connectivity index (χ4v) is 6.13. The Morgan fingerprint density at radius 2 is 1.52 bits per heavy atom. The molecule has 0 aromatic heterocycles. The number of anilines is 2. The maximum atomic E-state index is 12.5. The molecule has 44 heavy (non-hydrogen) atoms. The van der Waals surface area contributed by atoms with Crippen LogP contribution in [-0.2, 0) is 24.0 Å². The summed E-state index contributed by atoms with van der Waals surface area (Å²) >= 11 is 1.62. The molecular weight excluding hydrogens is 582 g/mol. The zero-order valence-corrected chi connectivity index (χ0v) is 26.2. The van der Waals surface area contributed by atoms with Crippen LogP contribution in [0.1, 0.15) is 79.5 Å². The zero-order valence-electron chi connectivity index (χ0n) is 25.4. The van der Waals surface area contributed by atoms with Crippen LogP contribution in [0.15, 0.2) is 48.5 Å². The number of hydrogen-bond donors (Lipinski definition) is 5. The largest absolute Gasteiger partial charge is 0.359 e. The average molecular weight is 624 g/mol. The predicted octanol–water partition coefficient (Wildman–Crippen LogP) is 3.93. The van der Waals surface area contributed by atoms with Crippen molar-refractivity contribution in [2.75, 3.05) is 23.9 Å². The zero-order chi connectivity index (χ0) is 32.1. The van der Waals surface area contributed by atoms with Crippen molar-refractivity contribution < 1.29 is 28.8 Å². The first kappa shape index (κ1) is 34.3. The average Bonchev–Trinajstić information content (AvgIpc) is 3.32. The number of imide groups is 1. The molecule has 0 bridgehead atoms. The van der Waals surface area contributed by atoms with Gasteiger partial charge in [0.05, 0.1) is 12.3 Å². The van der Waals surface area contributed by atoms with Crippen molar-refractivity contribution in [2.24, 2.45) is 5.92 Å². The molecule has 2 aromatic carbocycles. The van der Waals surface area contributed by atoms with Crippen molar-refractivity contribution in [3.8, 4) is 0 Å². The normalized spacial score (nSPS) is 15.6. The molecule has 1 fully saturated rings. The number of hydrogen-bond acceptors (Lipinski definition) is 7. The molecule has 0 spiro atoms. The summed E-state index contributed by atoms with van der Waals surface area (Å²) in [6.07, 6.45) is 6.19. The van der Waals surface area contributed by atoms with Crippen LogP contribution in [0.25, 0.3) is 0 Å². The number of thioether (sulfide) groups is 1. The molecular formula is C32H41N5O6S. The fraction of sp³-hybridized carbons (Fsp3) is 0.438. The Morgan fingerprint density at radius 3 is 2.07 bits per heavy atom. The van der Waals surface area contributed by atoms with Crippen LogP contribution in [0.4, 0.5) is 11.4 Å². The van der Waals surface area contributed by atoms with Crippen molar-refractivity contribution in [2.45, 2.75) is 69.6 Å². The Bertz CT molecular complexity index is 1370. The van der Waals surface area contributed by atoms with Crippen LogP contribution in [0.5, 0.6) is 0 Å². The highest BCUT2D eigenvalue weighted by Crippen LogP contribution is 2.37. The molecule has 6 amide bonds. The highest BCUT2D eigenvalue weighted by Gasteiger charge is 2.32. The summed E-state index contributed by atoms with van der Waals surface area (Å²) in [6, 6.07) is 13.1. The number of amides is 6. The number of nitrogens with one attached hydrogen (secondary N) is 5. The van der Waals surface area contributed by atoms with E-state index in [9.17, 15) is 28.8 Å². The van der Waals surface area contributed by atoms with Gasteiger partial charge in [-0.05, 0) is 61.4 Å². The van der Waals surface area contributed by atoms with Crippen molar-refractivity contribution >= 4 is 58.6 Å². The predicted molar refractivity (Wildman–Crippen MR) is 171 cm³/mol. The minimum Gasteiger partial charge on any atom is -0.359 e. The number of benzene rings is 2. The molecule has 5 N–H and O–H groups in total. The van der Waals surface area contributed by atoms with E-state index in [1.165, 1.54) is 6.07 Å². The minimum atomic E-state index is -0.904. The number of rotatable bonds is 16. The quantitative estimate of drug-likeness (QED) is 0.140. The number of carbonyl (C=O) groups excluding carboxylic acids is 6. The Labute approximate surface area is 262 Å². The van der Waals surface area contributed by atoms with E-state index in [0.29, 0.717) is 43.5 Å². The Hall–Kier alpha value is -4.19. The molecule has 1 aliphatic heterocycles. The third-order valence-corrected chi connectivity index (χ3v) is 8.49. The lowest BCUT2D eigenvalue weighted by molar-refractivity contribution is -0.126. The van der Waals surface area contributed by atoms with E-state index >= 15 is 0 Å². The highest BCUT2D eigenvalue weighted by atomic mass is 32.2. The van der Waals surface area contributed by atoms with Crippen LogP contribution in [0, 0.1) is 5.92 Å². The summed E-state index contributed by atoms with van der Waals surface area (Å²) < 4.78 is 0.